The minimum absolute atomic E-state index is 0.0321. The Morgan fingerprint density at radius 3 is 3.15 bits per heavy atom. The number of phenols is 1. The lowest BCUT2D eigenvalue weighted by Gasteiger charge is -2.15. The maximum atomic E-state index is 12.2. The smallest absolute Gasteiger partial charge is 0.273 e. The van der Waals surface area contributed by atoms with E-state index in [1.54, 1.807) is 23.0 Å². The summed E-state index contributed by atoms with van der Waals surface area (Å²) in [7, 11) is 0. The third-order valence-corrected chi connectivity index (χ3v) is 4.25. The van der Waals surface area contributed by atoms with Gasteiger partial charge in [0.2, 0.25) is 0 Å². The molecule has 2 heterocycles. The van der Waals surface area contributed by atoms with Crippen LogP contribution in [0.1, 0.15) is 22.5 Å². The van der Waals surface area contributed by atoms with Crippen molar-refractivity contribution in [3.8, 4) is 5.75 Å². The molecule has 5 heteroatoms. The average molecular weight is 288 g/mol. The van der Waals surface area contributed by atoms with Gasteiger partial charge in [0, 0.05) is 18.5 Å². The molecule has 1 N–H and O–H groups in total. The summed E-state index contributed by atoms with van der Waals surface area (Å²) in [5.74, 6) is 0.792. The van der Waals surface area contributed by atoms with E-state index in [1.807, 2.05) is 17.0 Å². The highest BCUT2D eigenvalue weighted by Crippen LogP contribution is 2.23. The normalized spacial score (nSPS) is 18.4. The fraction of sp³-hybridized carbons (Fsp3) is 0.333. The van der Waals surface area contributed by atoms with Crippen LogP contribution in [0.4, 0.5) is 0 Å². The van der Waals surface area contributed by atoms with Gasteiger partial charge in [-0.25, -0.2) is 4.98 Å². The zero-order valence-corrected chi connectivity index (χ0v) is 11.8. The molecule has 0 aliphatic carbocycles. The van der Waals surface area contributed by atoms with Gasteiger partial charge >= 0.3 is 0 Å². The number of rotatable bonds is 3. The summed E-state index contributed by atoms with van der Waals surface area (Å²) >= 11 is 1.45. The Morgan fingerprint density at radius 1 is 1.50 bits per heavy atom. The summed E-state index contributed by atoms with van der Waals surface area (Å²) in [5.41, 5.74) is 3.36. The quantitative estimate of drug-likeness (QED) is 0.944. The van der Waals surface area contributed by atoms with Crippen LogP contribution >= 0.6 is 11.3 Å². The third-order valence-electron chi connectivity index (χ3n) is 3.66. The van der Waals surface area contributed by atoms with Crippen molar-refractivity contribution in [1.29, 1.82) is 0 Å². The topological polar surface area (TPSA) is 53.4 Å². The predicted molar refractivity (Wildman–Crippen MR) is 77.9 cm³/mol. The van der Waals surface area contributed by atoms with E-state index in [0.29, 0.717) is 17.4 Å². The predicted octanol–water partition coefficient (Wildman–Crippen LogP) is 2.55. The van der Waals surface area contributed by atoms with Crippen molar-refractivity contribution in [2.45, 2.75) is 12.8 Å². The van der Waals surface area contributed by atoms with Crippen LogP contribution in [0.25, 0.3) is 0 Å². The highest BCUT2D eigenvalue weighted by Gasteiger charge is 2.27. The Bertz CT molecular complexity index is 598. The highest BCUT2D eigenvalue weighted by atomic mass is 32.1. The molecule has 1 aliphatic rings. The van der Waals surface area contributed by atoms with Gasteiger partial charge in [0.25, 0.3) is 5.91 Å². The first kappa shape index (κ1) is 13.1. The van der Waals surface area contributed by atoms with Crippen molar-refractivity contribution >= 4 is 17.2 Å². The number of thiazole rings is 1. The lowest BCUT2D eigenvalue weighted by atomic mass is 9.98. The molecular formula is C15H16N2O2S. The number of aromatic nitrogens is 1. The maximum absolute atomic E-state index is 12.2. The van der Waals surface area contributed by atoms with E-state index in [-0.39, 0.29) is 5.91 Å². The number of amides is 1. The van der Waals surface area contributed by atoms with E-state index in [0.717, 1.165) is 31.5 Å². The second-order valence-electron chi connectivity index (χ2n) is 5.15. The molecule has 0 spiro atoms. The van der Waals surface area contributed by atoms with Crippen molar-refractivity contribution in [2.24, 2.45) is 5.92 Å². The Labute approximate surface area is 121 Å². The molecule has 1 amide bonds. The molecule has 3 rings (SSSR count). The molecule has 4 nitrogen and oxygen atoms in total. The van der Waals surface area contributed by atoms with Crippen LogP contribution in [0.15, 0.2) is 35.2 Å². The van der Waals surface area contributed by atoms with Crippen molar-refractivity contribution in [3.05, 3.63) is 46.4 Å². The van der Waals surface area contributed by atoms with Crippen molar-refractivity contribution in [3.63, 3.8) is 0 Å². The molecule has 1 unspecified atom stereocenters. The van der Waals surface area contributed by atoms with E-state index in [2.05, 4.69) is 4.98 Å². The number of nitrogens with zero attached hydrogens (tertiary/aromatic N) is 2. The highest BCUT2D eigenvalue weighted by molar-refractivity contribution is 7.07. The van der Waals surface area contributed by atoms with Crippen LogP contribution in [-0.2, 0) is 6.42 Å². The van der Waals surface area contributed by atoms with E-state index >= 15 is 0 Å². The van der Waals surface area contributed by atoms with E-state index < -0.39 is 0 Å². The number of phenolic OH excluding ortho intramolecular Hbond substituents is 1. The second kappa shape index (κ2) is 5.63. The van der Waals surface area contributed by atoms with Gasteiger partial charge in [0.1, 0.15) is 11.4 Å². The number of carbonyl (C=O) groups is 1. The monoisotopic (exact) mass is 288 g/mol. The van der Waals surface area contributed by atoms with Crippen molar-refractivity contribution in [1.82, 2.24) is 9.88 Å². The molecular weight excluding hydrogens is 272 g/mol. The fourth-order valence-corrected chi connectivity index (χ4v) is 3.21. The Balaban J connectivity index is 1.61. The van der Waals surface area contributed by atoms with Gasteiger partial charge in [-0.3, -0.25) is 4.79 Å². The standard InChI is InChI=1S/C15H16N2O2S/c18-13-3-1-2-11(7-13)6-12-4-5-17(8-12)15(19)14-9-20-10-16-14/h1-3,7,9-10,12,18H,4-6,8H2. The SMILES string of the molecule is O=C(c1cscn1)N1CCC(Cc2cccc(O)c2)C1. The van der Waals surface area contributed by atoms with Gasteiger partial charge in [0.15, 0.2) is 0 Å². The van der Waals surface area contributed by atoms with E-state index in [1.165, 1.54) is 11.3 Å². The number of carbonyl (C=O) groups excluding carboxylic acids is 1. The van der Waals surface area contributed by atoms with Gasteiger partial charge in [-0.05, 0) is 36.5 Å². The van der Waals surface area contributed by atoms with Gasteiger partial charge in [-0.1, -0.05) is 12.1 Å². The number of benzene rings is 1. The minimum Gasteiger partial charge on any atom is -0.508 e. The number of hydrogen-bond donors (Lipinski definition) is 1. The molecule has 0 bridgehead atoms. The first-order chi connectivity index (χ1) is 9.72. The maximum Gasteiger partial charge on any atom is 0.273 e. The molecule has 1 aromatic carbocycles. The molecule has 2 aromatic rings. The van der Waals surface area contributed by atoms with Crippen LogP contribution in [0.3, 0.4) is 0 Å². The average Bonchev–Trinajstić information content (AvgIpc) is 3.09. The summed E-state index contributed by atoms with van der Waals surface area (Å²) in [4.78, 5) is 18.1. The molecule has 1 saturated heterocycles. The summed E-state index contributed by atoms with van der Waals surface area (Å²) in [6.07, 6.45) is 1.90. The molecule has 0 saturated carbocycles. The molecule has 1 aliphatic heterocycles. The van der Waals surface area contributed by atoms with Crippen LogP contribution in [0, 0.1) is 5.92 Å². The number of likely N-dealkylation sites (tertiary alicyclic amines) is 1. The van der Waals surface area contributed by atoms with E-state index in [4.69, 9.17) is 0 Å². The largest absolute Gasteiger partial charge is 0.508 e. The van der Waals surface area contributed by atoms with Gasteiger partial charge in [-0.2, -0.15) is 0 Å². The van der Waals surface area contributed by atoms with Gasteiger partial charge in [0.05, 0.1) is 5.51 Å². The third kappa shape index (κ3) is 2.82. The van der Waals surface area contributed by atoms with Crippen molar-refractivity contribution in [2.75, 3.05) is 13.1 Å². The lowest BCUT2D eigenvalue weighted by molar-refractivity contribution is 0.0782. The molecule has 0 radical (unpaired) electrons. The summed E-state index contributed by atoms with van der Waals surface area (Å²) < 4.78 is 0. The van der Waals surface area contributed by atoms with Crippen LogP contribution in [0.2, 0.25) is 0 Å². The van der Waals surface area contributed by atoms with Gasteiger partial charge in [-0.15, -0.1) is 11.3 Å². The number of aromatic hydroxyl groups is 1. The molecule has 104 valence electrons. The Morgan fingerprint density at radius 2 is 2.40 bits per heavy atom. The van der Waals surface area contributed by atoms with Crippen LogP contribution in [0.5, 0.6) is 5.75 Å². The fourth-order valence-electron chi connectivity index (χ4n) is 2.68. The first-order valence-electron chi connectivity index (χ1n) is 6.68. The first-order valence-corrected chi connectivity index (χ1v) is 7.62. The Hall–Kier alpha value is -1.88. The second-order valence-corrected chi connectivity index (χ2v) is 5.87. The van der Waals surface area contributed by atoms with Crippen LogP contribution < -0.4 is 0 Å². The molecule has 1 aromatic heterocycles. The van der Waals surface area contributed by atoms with Crippen LogP contribution in [-0.4, -0.2) is 34.0 Å². The minimum atomic E-state index is 0.0321. The van der Waals surface area contributed by atoms with Crippen molar-refractivity contribution < 1.29 is 9.90 Å². The summed E-state index contributed by atoms with van der Waals surface area (Å²) in [6, 6.07) is 7.35. The van der Waals surface area contributed by atoms with Gasteiger partial charge < -0.3 is 10.0 Å². The lowest BCUT2D eigenvalue weighted by Crippen LogP contribution is -2.29. The van der Waals surface area contributed by atoms with E-state index in [9.17, 15) is 9.90 Å². The zero-order chi connectivity index (χ0) is 13.9. The zero-order valence-electron chi connectivity index (χ0n) is 11.0. The Kier molecular flexibility index (Phi) is 3.69. The summed E-state index contributed by atoms with van der Waals surface area (Å²) in [6.45, 7) is 1.56. The number of hydrogen-bond acceptors (Lipinski definition) is 4. The molecule has 20 heavy (non-hydrogen) atoms. The molecule has 1 atom stereocenters. The summed E-state index contributed by atoms with van der Waals surface area (Å²) in [5, 5.41) is 11.3. The molecule has 1 fully saturated rings.